The Labute approximate surface area is 122 Å². The molecule has 1 aromatic rings. The van der Waals surface area contributed by atoms with E-state index in [9.17, 15) is 14.9 Å². The number of aliphatic hydroxyl groups is 1. The number of amides is 1. The zero-order valence-corrected chi connectivity index (χ0v) is 11.6. The second kappa shape index (κ2) is 6.53. The minimum Gasteiger partial charge on any atom is -0.477 e. The highest BCUT2D eigenvalue weighted by atomic mass is 16.6. The second-order valence-corrected chi connectivity index (χ2v) is 5.26. The Bertz CT molecular complexity index is 528. The third-order valence-corrected chi connectivity index (χ3v) is 3.68. The van der Waals surface area contributed by atoms with Crippen LogP contribution in [0.3, 0.4) is 0 Å². The zero-order chi connectivity index (χ0) is 15.3. The number of nitro groups is 1. The summed E-state index contributed by atoms with van der Waals surface area (Å²) in [4.78, 5) is 22.0. The molecular weight excluding hydrogens is 276 g/mol. The molecule has 0 saturated heterocycles. The van der Waals surface area contributed by atoms with Crippen molar-refractivity contribution < 1.29 is 19.6 Å². The summed E-state index contributed by atoms with van der Waals surface area (Å²) in [5.41, 5.74) is -0.132. The lowest BCUT2D eigenvalue weighted by Crippen LogP contribution is -2.34. The fraction of sp³-hybridized carbons (Fsp3) is 0.500. The van der Waals surface area contributed by atoms with Gasteiger partial charge in [0.05, 0.1) is 4.92 Å². The number of rotatable bonds is 8. The molecule has 2 rings (SSSR count). The number of carbonyl (C=O) groups is 1. The van der Waals surface area contributed by atoms with E-state index in [1.165, 1.54) is 18.2 Å². The van der Waals surface area contributed by atoms with Crippen LogP contribution in [0.1, 0.15) is 19.3 Å². The number of hydrogen-bond donors (Lipinski definition) is 2. The molecule has 1 amide bonds. The maximum absolute atomic E-state index is 11.7. The van der Waals surface area contributed by atoms with Crippen LogP contribution in [-0.4, -0.2) is 35.7 Å². The van der Waals surface area contributed by atoms with Gasteiger partial charge in [-0.15, -0.1) is 0 Å². The van der Waals surface area contributed by atoms with E-state index in [0.717, 1.165) is 12.8 Å². The number of aliphatic hydroxyl groups excluding tert-OH is 1. The number of para-hydroxylation sites is 2. The summed E-state index contributed by atoms with van der Waals surface area (Å²) in [6.45, 7) is 0.356. The van der Waals surface area contributed by atoms with Crippen LogP contribution in [0.15, 0.2) is 24.3 Å². The highest BCUT2D eigenvalue weighted by Gasteiger charge is 2.41. The van der Waals surface area contributed by atoms with Gasteiger partial charge in [0.1, 0.15) is 0 Å². The minimum atomic E-state index is -0.548. The molecule has 114 valence electrons. The highest BCUT2D eigenvalue weighted by Crippen LogP contribution is 2.47. The summed E-state index contributed by atoms with van der Waals surface area (Å²) in [6, 6.07) is 5.94. The summed E-state index contributed by atoms with van der Waals surface area (Å²) < 4.78 is 5.20. The molecule has 0 aromatic heterocycles. The fourth-order valence-corrected chi connectivity index (χ4v) is 2.14. The van der Waals surface area contributed by atoms with Gasteiger partial charge in [-0.05, 0) is 30.7 Å². The van der Waals surface area contributed by atoms with Crippen molar-refractivity contribution in [3.63, 3.8) is 0 Å². The molecule has 0 spiro atoms. The van der Waals surface area contributed by atoms with Crippen molar-refractivity contribution in [2.45, 2.75) is 19.3 Å². The molecule has 0 atom stereocenters. The Balaban J connectivity index is 1.80. The molecule has 2 N–H and O–H groups in total. The maximum Gasteiger partial charge on any atom is 0.310 e. The SMILES string of the molecule is O=C(COc1ccccc1[N+](=O)[O-])NCC1(CCO)CC1. The molecule has 0 radical (unpaired) electrons. The Hall–Kier alpha value is -2.15. The number of carbonyl (C=O) groups excluding carboxylic acids is 1. The van der Waals surface area contributed by atoms with Crippen LogP contribution in [0.2, 0.25) is 0 Å². The van der Waals surface area contributed by atoms with Crippen molar-refractivity contribution in [2.24, 2.45) is 5.41 Å². The number of ether oxygens (including phenoxy) is 1. The number of nitrogens with zero attached hydrogens (tertiary/aromatic N) is 1. The summed E-state index contributed by atoms with van der Waals surface area (Å²) in [5.74, 6) is -0.244. The predicted molar refractivity (Wildman–Crippen MR) is 75.0 cm³/mol. The Kier molecular flexibility index (Phi) is 4.74. The molecule has 0 unspecified atom stereocenters. The molecule has 1 aliphatic carbocycles. The summed E-state index contributed by atoms with van der Waals surface area (Å²) in [5, 5.41) is 22.5. The van der Waals surface area contributed by atoms with Gasteiger partial charge in [0.2, 0.25) is 0 Å². The first-order chi connectivity index (χ1) is 10.1. The van der Waals surface area contributed by atoms with Crippen molar-refractivity contribution in [1.29, 1.82) is 0 Å². The van der Waals surface area contributed by atoms with E-state index < -0.39 is 4.92 Å². The standard InChI is InChI=1S/C14H18N2O5/c17-8-7-14(5-6-14)10-15-13(18)9-21-12-4-2-1-3-11(12)16(19)20/h1-4,17H,5-10H2,(H,15,18). The van der Waals surface area contributed by atoms with E-state index in [2.05, 4.69) is 5.32 Å². The molecule has 0 heterocycles. The zero-order valence-electron chi connectivity index (χ0n) is 11.6. The van der Waals surface area contributed by atoms with Crippen LogP contribution in [0, 0.1) is 15.5 Å². The van der Waals surface area contributed by atoms with E-state index in [0.29, 0.717) is 13.0 Å². The van der Waals surface area contributed by atoms with Crippen molar-refractivity contribution in [3.8, 4) is 5.75 Å². The lowest BCUT2D eigenvalue weighted by molar-refractivity contribution is -0.385. The third-order valence-electron chi connectivity index (χ3n) is 3.68. The lowest BCUT2D eigenvalue weighted by Gasteiger charge is -2.14. The van der Waals surface area contributed by atoms with Crippen molar-refractivity contribution in [3.05, 3.63) is 34.4 Å². The van der Waals surface area contributed by atoms with Gasteiger partial charge in [0.15, 0.2) is 12.4 Å². The molecule has 1 saturated carbocycles. The number of nitrogens with one attached hydrogen (secondary N) is 1. The topological polar surface area (TPSA) is 102 Å². The smallest absolute Gasteiger partial charge is 0.310 e. The number of nitro benzene ring substituents is 1. The van der Waals surface area contributed by atoms with Gasteiger partial charge >= 0.3 is 5.69 Å². The highest BCUT2D eigenvalue weighted by molar-refractivity contribution is 5.77. The van der Waals surface area contributed by atoms with E-state index in [1.54, 1.807) is 6.07 Å². The van der Waals surface area contributed by atoms with Crippen molar-refractivity contribution >= 4 is 11.6 Å². The van der Waals surface area contributed by atoms with Crippen molar-refractivity contribution in [2.75, 3.05) is 19.8 Å². The van der Waals surface area contributed by atoms with E-state index >= 15 is 0 Å². The summed E-state index contributed by atoms with van der Waals surface area (Å²) in [7, 11) is 0. The molecular formula is C14H18N2O5. The summed E-state index contributed by atoms with van der Waals surface area (Å²) in [6.07, 6.45) is 2.68. The van der Waals surface area contributed by atoms with Gasteiger partial charge in [0, 0.05) is 19.2 Å². The quantitative estimate of drug-likeness (QED) is 0.555. The Morgan fingerprint density at radius 1 is 1.43 bits per heavy atom. The number of hydrogen-bond acceptors (Lipinski definition) is 5. The second-order valence-electron chi connectivity index (χ2n) is 5.26. The average Bonchev–Trinajstić information content (AvgIpc) is 3.24. The van der Waals surface area contributed by atoms with Gasteiger partial charge < -0.3 is 15.2 Å². The van der Waals surface area contributed by atoms with Gasteiger partial charge in [-0.3, -0.25) is 14.9 Å². The first-order valence-electron chi connectivity index (χ1n) is 6.80. The number of benzene rings is 1. The molecule has 21 heavy (non-hydrogen) atoms. The predicted octanol–water partition coefficient (Wildman–Crippen LogP) is 1.25. The molecule has 7 nitrogen and oxygen atoms in total. The molecule has 1 aromatic carbocycles. The van der Waals surface area contributed by atoms with E-state index in [1.807, 2.05) is 0 Å². The van der Waals surface area contributed by atoms with Gasteiger partial charge in [-0.2, -0.15) is 0 Å². The first-order valence-corrected chi connectivity index (χ1v) is 6.80. The molecule has 0 aliphatic heterocycles. The lowest BCUT2D eigenvalue weighted by atomic mass is 10.0. The van der Waals surface area contributed by atoms with Crippen LogP contribution in [0.25, 0.3) is 0 Å². The van der Waals surface area contributed by atoms with Gasteiger partial charge in [-0.25, -0.2) is 0 Å². The van der Waals surface area contributed by atoms with Gasteiger partial charge in [-0.1, -0.05) is 12.1 Å². The largest absolute Gasteiger partial charge is 0.477 e. The van der Waals surface area contributed by atoms with Gasteiger partial charge in [0.25, 0.3) is 5.91 Å². The van der Waals surface area contributed by atoms with Crippen LogP contribution < -0.4 is 10.1 Å². The third kappa shape index (κ3) is 4.16. The minimum absolute atomic E-state index is 0.0309. The van der Waals surface area contributed by atoms with Crippen LogP contribution in [-0.2, 0) is 4.79 Å². The van der Waals surface area contributed by atoms with E-state index in [4.69, 9.17) is 9.84 Å². The monoisotopic (exact) mass is 294 g/mol. The molecule has 1 aliphatic rings. The molecule has 0 bridgehead atoms. The summed E-state index contributed by atoms with van der Waals surface area (Å²) >= 11 is 0. The van der Waals surface area contributed by atoms with E-state index in [-0.39, 0.29) is 36.0 Å². The normalized spacial score (nSPS) is 15.3. The maximum atomic E-state index is 11.7. The Morgan fingerprint density at radius 3 is 2.76 bits per heavy atom. The van der Waals surface area contributed by atoms with Crippen LogP contribution >= 0.6 is 0 Å². The molecule has 1 fully saturated rings. The Morgan fingerprint density at radius 2 is 2.14 bits per heavy atom. The van der Waals surface area contributed by atoms with Crippen LogP contribution in [0.4, 0.5) is 5.69 Å². The van der Waals surface area contributed by atoms with Crippen LogP contribution in [0.5, 0.6) is 5.75 Å². The first kappa shape index (κ1) is 15.2. The fourth-order valence-electron chi connectivity index (χ4n) is 2.14. The average molecular weight is 294 g/mol. The van der Waals surface area contributed by atoms with Crippen molar-refractivity contribution in [1.82, 2.24) is 5.32 Å². The molecule has 7 heteroatoms.